The third kappa shape index (κ3) is 2.59. The van der Waals surface area contributed by atoms with E-state index in [1.807, 2.05) is 20.8 Å². The van der Waals surface area contributed by atoms with Crippen LogP contribution in [-0.4, -0.2) is 27.5 Å². The van der Waals surface area contributed by atoms with Crippen molar-refractivity contribution < 1.29 is 14.3 Å². The summed E-state index contributed by atoms with van der Waals surface area (Å²) < 4.78 is 12.4. The number of carbonyl (C=O) groups excluding carboxylic acids is 1. The molecule has 1 aliphatic heterocycles. The summed E-state index contributed by atoms with van der Waals surface area (Å²) in [5.41, 5.74) is 8.82. The van der Waals surface area contributed by atoms with Crippen LogP contribution in [0.5, 0.6) is 11.5 Å². The molecule has 0 atom stereocenters. The normalized spacial score (nSPS) is 12.8. The lowest BCUT2D eigenvalue weighted by molar-refractivity contribution is 0.102. The van der Waals surface area contributed by atoms with Gasteiger partial charge in [-0.05, 0) is 26.8 Å². The molecule has 8 nitrogen and oxygen atoms in total. The van der Waals surface area contributed by atoms with Gasteiger partial charge in [0.05, 0.1) is 28.5 Å². The number of benzene rings is 1. The summed E-state index contributed by atoms with van der Waals surface area (Å²) in [7, 11) is 0. The summed E-state index contributed by atoms with van der Waals surface area (Å²) in [5.74, 6) is 0.841. The van der Waals surface area contributed by atoms with Gasteiger partial charge in [0.2, 0.25) is 6.79 Å². The highest BCUT2D eigenvalue weighted by atomic mass is 16.7. The first kappa shape index (κ1) is 16.2. The quantitative estimate of drug-likeness (QED) is 0.702. The van der Waals surface area contributed by atoms with Gasteiger partial charge in [-0.1, -0.05) is 0 Å². The number of carbonyl (C=O) groups is 1. The van der Waals surface area contributed by atoms with Gasteiger partial charge in [0.25, 0.3) is 5.91 Å². The van der Waals surface area contributed by atoms with Crippen molar-refractivity contribution in [3.8, 4) is 11.5 Å². The second-order valence-corrected chi connectivity index (χ2v) is 6.48. The summed E-state index contributed by atoms with van der Waals surface area (Å²) in [6.45, 7) is 6.03. The van der Waals surface area contributed by atoms with Crippen molar-refractivity contribution in [1.82, 2.24) is 14.8 Å². The number of anilines is 2. The Bertz CT molecular complexity index is 1030. The molecule has 0 radical (unpaired) electrons. The summed E-state index contributed by atoms with van der Waals surface area (Å²) >= 11 is 0. The first-order valence-electron chi connectivity index (χ1n) is 8.29. The van der Waals surface area contributed by atoms with E-state index in [-0.39, 0.29) is 18.7 Å². The van der Waals surface area contributed by atoms with Crippen LogP contribution >= 0.6 is 0 Å². The Morgan fingerprint density at radius 3 is 2.73 bits per heavy atom. The molecule has 134 valence electrons. The number of nitrogens with one attached hydrogen (secondary N) is 1. The van der Waals surface area contributed by atoms with E-state index in [1.165, 1.54) is 0 Å². The lowest BCUT2D eigenvalue weighted by Gasteiger charge is -2.11. The number of nitrogens with two attached hydrogens (primary N) is 1. The number of hydrogen-bond acceptors (Lipinski definition) is 6. The van der Waals surface area contributed by atoms with E-state index < -0.39 is 0 Å². The number of hydrogen-bond donors (Lipinski definition) is 2. The molecular formula is C18H19N5O3. The number of nitrogen functional groups attached to an aromatic ring is 1. The molecule has 0 fully saturated rings. The lowest BCUT2D eigenvalue weighted by atomic mass is 10.1. The van der Waals surface area contributed by atoms with Crippen LogP contribution in [0.25, 0.3) is 11.0 Å². The Morgan fingerprint density at radius 1 is 1.27 bits per heavy atom. The molecule has 0 unspecified atom stereocenters. The van der Waals surface area contributed by atoms with Gasteiger partial charge in [0, 0.05) is 23.9 Å². The van der Waals surface area contributed by atoms with Gasteiger partial charge in [-0.25, -0.2) is 9.67 Å². The molecule has 0 saturated carbocycles. The highest BCUT2D eigenvalue weighted by Gasteiger charge is 2.20. The summed E-state index contributed by atoms with van der Waals surface area (Å²) in [5, 5.41) is 7.91. The van der Waals surface area contributed by atoms with Crippen molar-refractivity contribution in [2.45, 2.75) is 26.8 Å². The molecule has 1 aliphatic rings. The predicted octanol–water partition coefficient (Wildman–Crippen LogP) is 2.88. The van der Waals surface area contributed by atoms with Crippen molar-refractivity contribution >= 4 is 28.3 Å². The fourth-order valence-corrected chi connectivity index (χ4v) is 2.96. The minimum Gasteiger partial charge on any atom is -0.454 e. The number of fused-ring (bicyclic) bond motifs is 2. The van der Waals surface area contributed by atoms with Crippen molar-refractivity contribution in [2.75, 3.05) is 17.8 Å². The Morgan fingerprint density at radius 2 is 2.00 bits per heavy atom. The van der Waals surface area contributed by atoms with Gasteiger partial charge >= 0.3 is 0 Å². The summed E-state index contributed by atoms with van der Waals surface area (Å²) in [6, 6.07) is 5.19. The van der Waals surface area contributed by atoms with Crippen LogP contribution in [0, 0.1) is 6.92 Å². The number of aryl methyl sites for hydroxylation is 1. The third-order valence-electron chi connectivity index (χ3n) is 4.22. The topological polar surface area (TPSA) is 104 Å². The molecule has 1 amide bonds. The molecule has 1 aromatic carbocycles. The molecule has 2 aromatic heterocycles. The van der Waals surface area contributed by atoms with Crippen LogP contribution in [0.1, 0.15) is 35.9 Å². The number of amides is 1. The van der Waals surface area contributed by atoms with Gasteiger partial charge in [-0.3, -0.25) is 4.79 Å². The van der Waals surface area contributed by atoms with Crippen LogP contribution in [0.3, 0.4) is 0 Å². The van der Waals surface area contributed by atoms with Crippen LogP contribution in [0.15, 0.2) is 24.4 Å². The highest BCUT2D eigenvalue weighted by Crippen LogP contribution is 2.38. The van der Waals surface area contributed by atoms with Gasteiger partial charge < -0.3 is 20.5 Å². The summed E-state index contributed by atoms with van der Waals surface area (Å²) in [6.07, 6.45) is 1.67. The van der Waals surface area contributed by atoms with Crippen LogP contribution < -0.4 is 20.5 Å². The molecule has 0 saturated heterocycles. The minimum absolute atomic E-state index is 0.141. The second-order valence-electron chi connectivity index (χ2n) is 6.48. The van der Waals surface area contributed by atoms with Gasteiger partial charge in [-0.15, -0.1) is 0 Å². The number of ether oxygens (including phenoxy) is 2. The molecule has 8 heteroatoms. The molecule has 0 bridgehead atoms. The molecule has 3 N–H and O–H groups in total. The van der Waals surface area contributed by atoms with E-state index in [1.54, 1.807) is 29.1 Å². The Hall–Kier alpha value is -3.29. The van der Waals surface area contributed by atoms with Crippen molar-refractivity contribution in [3.05, 3.63) is 35.7 Å². The smallest absolute Gasteiger partial charge is 0.256 e. The Balaban J connectivity index is 1.73. The molecule has 3 aromatic rings. The fraction of sp³-hybridized carbons (Fsp3) is 0.278. The third-order valence-corrected chi connectivity index (χ3v) is 4.22. The maximum atomic E-state index is 12.9. The molecule has 26 heavy (non-hydrogen) atoms. The summed E-state index contributed by atoms with van der Waals surface area (Å²) in [4.78, 5) is 17.4. The standard InChI is InChI=1S/C18H19N5O3/c1-9(2)23-17-12(7-20-23)11(4-10(3)21-17)18(24)22-14-6-16-15(5-13(14)19)25-8-26-16/h4-7,9H,8,19H2,1-3H3,(H,22,24). The van der Waals surface area contributed by atoms with Crippen molar-refractivity contribution in [1.29, 1.82) is 0 Å². The van der Waals surface area contributed by atoms with E-state index in [9.17, 15) is 4.79 Å². The molecule has 0 aliphatic carbocycles. The average Bonchev–Trinajstić information content (AvgIpc) is 3.20. The van der Waals surface area contributed by atoms with Crippen molar-refractivity contribution in [3.63, 3.8) is 0 Å². The maximum Gasteiger partial charge on any atom is 0.256 e. The molecular weight excluding hydrogens is 334 g/mol. The van der Waals surface area contributed by atoms with Crippen molar-refractivity contribution in [2.24, 2.45) is 0 Å². The second kappa shape index (κ2) is 5.91. The first-order valence-corrected chi connectivity index (χ1v) is 8.29. The number of pyridine rings is 1. The fourth-order valence-electron chi connectivity index (χ4n) is 2.96. The van der Waals surface area contributed by atoms with Crippen LogP contribution in [-0.2, 0) is 0 Å². The monoisotopic (exact) mass is 353 g/mol. The predicted molar refractivity (Wildman–Crippen MR) is 97.6 cm³/mol. The van der Waals surface area contributed by atoms with E-state index in [0.717, 1.165) is 5.69 Å². The highest BCUT2D eigenvalue weighted by molar-refractivity contribution is 6.13. The minimum atomic E-state index is -0.283. The SMILES string of the molecule is Cc1cc(C(=O)Nc2cc3c(cc2N)OCO3)c2cnn(C(C)C)c2n1. The van der Waals surface area contributed by atoms with E-state index in [2.05, 4.69) is 15.4 Å². The molecule has 4 rings (SSSR count). The number of rotatable bonds is 3. The largest absolute Gasteiger partial charge is 0.454 e. The van der Waals surface area contributed by atoms with E-state index >= 15 is 0 Å². The Kier molecular flexibility index (Phi) is 3.68. The lowest BCUT2D eigenvalue weighted by Crippen LogP contribution is -2.14. The molecule has 0 spiro atoms. The zero-order valence-electron chi connectivity index (χ0n) is 14.7. The zero-order chi connectivity index (χ0) is 18.4. The van der Waals surface area contributed by atoms with E-state index in [4.69, 9.17) is 15.2 Å². The average molecular weight is 353 g/mol. The number of nitrogens with zero attached hydrogens (tertiary/aromatic N) is 3. The number of aromatic nitrogens is 3. The molecule has 3 heterocycles. The van der Waals surface area contributed by atoms with Gasteiger partial charge in [0.15, 0.2) is 17.1 Å². The maximum absolute atomic E-state index is 12.9. The van der Waals surface area contributed by atoms with Crippen LogP contribution in [0.4, 0.5) is 11.4 Å². The van der Waals surface area contributed by atoms with E-state index in [0.29, 0.717) is 39.5 Å². The van der Waals surface area contributed by atoms with Gasteiger partial charge in [0.1, 0.15) is 0 Å². The zero-order valence-corrected chi connectivity index (χ0v) is 14.7. The Labute approximate surface area is 149 Å². The first-order chi connectivity index (χ1) is 12.4. The van der Waals surface area contributed by atoms with Gasteiger partial charge in [-0.2, -0.15) is 5.10 Å². The van der Waals surface area contributed by atoms with Crippen LogP contribution in [0.2, 0.25) is 0 Å².